The number of hydrogen-bond donors (Lipinski definition) is 2. The smallest absolute Gasteiger partial charge is 0.303 e. The Morgan fingerprint density at radius 2 is 2.19 bits per heavy atom. The third kappa shape index (κ3) is 2.55. The van der Waals surface area contributed by atoms with Crippen LogP contribution in [0.5, 0.6) is 5.75 Å². The molecule has 1 atom stereocenters. The maximum absolute atomic E-state index is 10.8. The minimum atomic E-state index is -0.763. The molecule has 0 saturated heterocycles. The standard InChI is InChI=1S/C12H13BrO3/c13-10-5-8(3-4-11(10)14)9(6-12(15)16)7-1-2-7/h3-5,7,9,14H,1-2,6H2,(H,15,16). The molecule has 1 aromatic carbocycles. The van der Waals surface area contributed by atoms with Crippen LogP contribution in [0.15, 0.2) is 22.7 Å². The molecule has 0 heterocycles. The molecular weight excluding hydrogens is 272 g/mol. The zero-order valence-corrected chi connectivity index (χ0v) is 10.3. The van der Waals surface area contributed by atoms with Gasteiger partial charge in [-0.15, -0.1) is 0 Å². The van der Waals surface area contributed by atoms with Crippen LogP contribution < -0.4 is 0 Å². The van der Waals surface area contributed by atoms with Crippen LogP contribution in [0.1, 0.15) is 30.7 Å². The van der Waals surface area contributed by atoms with Crippen LogP contribution >= 0.6 is 15.9 Å². The molecule has 16 heavy (non-hydrogen) atoms. The van der Waals surface area contributed by atoms with Gasteiger partial charge >= 0.3 is 5.97 Å². The molecule has 2 N–H and O–H groups in total. The number of halogens is 1. The molecular formula is C12H13BrO3. The number of aliphatic carboxylic acids is 1. The van der Waals surface area contributed by atoms with Gasteiger partial charge in [-0.25, -0.2) is 0 Å². The Morgan fingerprint density at radius 1 is 1.50 bits per heavy atom. The first kappa shape index (κ1) is 11.5. The van der Waals surface area contributed by atoms with Crippen molar-refractivity contribution in [3.8, 4) is 5.75 Å². The molecule has 1 aliphatic rings. The van der Waals surface area contributed by atoms with Crippen LogP contribution in [0.25, 0.3) is 0 Å². The number of phenolic OH excluding ortho intramolecular Hbond substituents is 1. The average molecular weight is 285 g/mol. The minimum absolute atomic E-state index is 0.0781. The first-order chi connectivity index (χ1) is 7.58. The van der Waals surface area contributed by atoms with Gasteiger partial charge in [0.05, 0.1) is 10.9 Å². The van der Waals surface area contributed by atoms with Gasteiger partial charge in [0, 0.05) is 0 Å². The fourth-order valence-corrected chi connectivity index (χ4v) is 2.39. The molecule has 0 radical (unpaired) electrons. The van der Waals surface area contributed by atoms with Crippen LogP contribution in [-0.2, 0) is 4.79 Å². The molecule has 0 bridgehead atoms. The quantitative estimate of drug-likeness (QED) is 0.893. The van der Waals surface area contributed by atoms with Crippen LogP contribution in [0.2, 0.25) is 0 Å². The molecule has 3 nitrogen and oxygen atoms in total. The highest BCUT2D eigenvalue weighted by atomic mass is 79.9. The summed E-state index contributed by atoms with van der Waals surface area (Å²) < 4.78 is 0.626. The highest BCUT2D eigenvalue weighted by Crippen LogP contribution is 2.45. The van der Waals surface area contributed by atoms with E-state index >= 15 is 0 Å². The van der Waals surface area contributed by atoms with Crippen molar-refractivity contribution >= 4 is 21.9 Å². The van der Waals surface area contributed by atoms with Crippen molar-refractivity contribution in [1.82, 2.24) is 0 Å². The summed E-state index contributed by atoms with van der Waals surface area (Å²) in [7, 11) is 0. The van der Waals surface area contributed by atoms with E-state index in [-0.39, 0.29) is 18.1 Å². The van der Waals surface area contributed by atoms with Gasteiger partial charge in [-0.2, -0.15) is 0 Å². The maximum Gasteiger partial charge on any atom is 0.303 e. The van der Waals surface area contributed by atoms with Gasteiger partial charge in [0.2, 0.25) is 0 Å². The van der Waals surface area contributed by atoms with E-state index in [1.165, 1.54) is 0 Å². The normalized spacial score (nSPS) is 17.1. The van der Waals surface area contributed by atoms with Gasteiger partial charge in [0.25, 0.3) is 0 Å². The summed E-state index contributed by atoms with van der Waals surface area (Å²) in [5.41, 5.74) is 0.995. The van der Waals surface area contributed by atoms with Crippen LogP contribution in [0.3, 0.4) is 0 Å². The van der Waals surface area contributed by atoms with Crippen LogP contribution in [0, 0.1) is 5.92 Å². The fourth-order valence-electron chi connectivity index (χ4n) is 2.00. The van der Waals surface area contributed by atoms with Gasteiger partial charge in [-0.05, 0) is 58.3 Å². The Hall–Kier alpha value is -1.03. The topological polar surface area (TPSA) is 57.5 Å². The Kier molecular flexibility index (Phi) is 3.19. The molecule has 1 unspecified atom stereocenters. The average Bonchev–Trinajstić information content (AvgIpc) is 3.02. The number of benzene rings is 1. The van der Waals surface area contributed by atoms with E-state index in [1.807, 2.05) is 12.1 Å². The third-order valence-corrected chi connectivity index (χ3v) is 3.62. The number of phenols is 1. The van der Waals surface area contributed by atoms with E-state index in [9.17, 15) is 9.90 Å². The molecule has 1 fully saturated rings. The predicted molar refractivity (Wildman–Crippen MR) is 63.5 cm³/mol. The molecule has 0 aromatic heterocycles. The van der Waals surface area contributed by atoms with E-state index in [1.54, 1.807) is 6.07 Å². The number of hydrogen-bond acceptors (Lipinski definition) is 2. The molecule has 1 aromatic rings. The summed E-state index contributed by atoms with van der Waals surface area (Å²) in [5.74, 6) is -0.00309. The monoisotopic (exact) mass is 284 g/mol. The Balaban J connectivity index is 2.24. The van der Waals surface area contributed by atoms with Crippen molar-refractivity contribution in [3.05, 3.63) is 28.2 Å². The summed E-state index contributed by atoms with van der Waals surface area (Å²) in [6.45, 7) is 0. The minimum Gasteiger partial charge on any atom is -0.507 e. The Labute approximate surface area is 102 Å². The SMILES string of the molecule is O=C(O)CC(c1ccc(O)c(Br)c1)C1CC1. The van der Waals surface area contributed by atoms with E-state index in [0.717, 1.165) is 18.4 Å². The van der Waals surface area contributed by atoms with Gasteiger partial charge in [-0.3, -0.25) is 4.79 Å². The van der Waals surface area contributed by atoms with E-state index in [2.05, 4.69) is 15.9 Å². The summed E-state index contributed by atoms with van der Waals surface area (Å²) in [6.07, 6.45) is 2.38. The van der Waals surface area contributed by atoms with E-state index in [4.69, 9.17) is 5.11 Å². The van der Waals surface area contributed by atoms with Gasteiger partial charge in [0.15, 0.2) is 0 Å². The molecule has 1 aliphatic carbocycles. The first-order valence-corrected chi connectivity index (χ1v) is 6.07. The summed E-state index contributed by atoms with van der Waals surface area (Å²) in [4.78, 5) is 10.8. The fraction of sp³-hybridized carbons (Fsp3) is 0.417. The number of carboxylic acids is 1. The summed E-state index contributed by atoms with van der Waals surface area (Å²) in [5, 5.41) is 18.3. The molecule has 2 rings (SSSR count). The van der Waals surface area contributed by atoms with Crippen molar-refractivity contribution in [2.24, 2.45) is 5.92 Å². The van der Waals surface area contributed by atoms with E-state index < -0.39 is 5.97 Å². The van der Waals surface area contributed by atoms with Crippen LogP contribution in [-0.4, -0.2) is 16.2 Å². The van der Waals surface area contributed by atoms with Crippen molar-refractivity contribution in [3.63, 3.8) is 0 Å². The number of carboxylic acid groups (broad SMARTS) is 1. The first-order valence-electron chi connectivity index (χ1n) is 5.28. The lowest BCUT2D eigenvalue weighted by Crippen LogP contribution is -2.08. The van der Waals surface area contributed by atoms with Crippen molar-refractivity contribution in [2.75, 3.05) is 0 Å². The molecule has 0 aliphatic heterocycles. The van der Waals surface area contributed by atoms with E-state index in [0.29, 0.717) is 10.4 Å². The lowest BCUT2D eigenvalue weighted by molar-refractivity contribution is -0.137. The largest absolute Gasteiger partial charge is 0.507 e. The van der Waals surface area contributed by atoms with Crippen molar-refractivity contribution in [2.45, 2.75) is 25.2 Å². The summed E-state index contributed by atoms with van der Waals surface area (Å²) >= 11 is 3.25. The molecule has 86 valence electrons. The maximum atomic E-state index is 10.8. The van der Waals surface area contributed by atoms with Crippen molar-refractivity contribution < 1.29 is 15.0 Å². The Bertz CT molecular complexity index is 413. The molecule has 0 spiro atoms. The van der Waals surface area contributed by atoms with Gasteiger partial charge in [-0.1, -0.05) is 6.07 Å². The lowest BCUT2D eigenvalue weighted by atomic mass is 9.91. The number of aromatic hydroxyl groups is 1. The zero-order valence-electron chi connectivity index (χ0n) is 8.69. The van der Waals surface area contributed by atoms with Gasteiger partial charge < -0.3 is 10.2 Å². The van der Waals surface area contributed by atoms with Crippen LogP contribution in [0.4, 0.5) is 0 Å². The zero-order chi connectivity index (χ0) is 11.7. The lowest BCUT2D eigenvalue weighted by Gasteiger charge is -2.15. The number of rotatable bonds is 4. The number of carbonyl (C=O) groups is 1. The second kappa shape index (κ2) is 4.45. The molecule has 0 amide bonds. The molecule has 1 saturated carbocycles. The second-order valence-corrected chi connectivity index (χ2v) is 5.11. The van der Waals surface area contributed by atoms with Gasteiger partial charge in [0.1, 0.15) is 5.75 Å². The Morgan fingerprint density at radius 3 is 2.69 bits per heavy atom. The third-order valence-electron chi connectivity index (χ3n) is 2.99. The highest BCUT2D eigenvalue weighted by molar-refractivity contribution is 9.10. The highest BCUT2D eigenvalue weighted by Gasteiger charge is 2.33. The second-order valence-electron chi connectivity index (χ2n) is 4.25. The molecule has 4 heteroatoms. The van der Waals surface area contributed by atoms with Crippen molar-refractivity contribution in [1.29, 1.82) is 0 Å². The summed E-state index contributed by atoms with van der Waals surface area (Å²) in [6, 6.07) is 5.24. The predicted octanol–water partition coefficient (Wildman–Crippen LogP) is 3.12.